The molecule has 0 aliphatic rings. The molecule has 0 aliphatic carbocycles. The number of aromatic nitrogens is 1. The smallest absolute Gasteiger partial charge is 0.267 e. The average Bonchev–Trinajstić information content (AvgIpc) is 2.51. The van der Waals surface area contributed by atoms with Crippen LogP contribution in [0.4, 0.5) is 8.78 Å². The third kappa shape index (κ3) is 3.73. The molecule has 1 aromatic carbocycles. The summed E-state index contributed by atoms with van der Waals surface area (Å²) in [5.41, 5.74) is 0.968. The van der Waals surface area contributed by atoms with E-state index in [-0.39, 0.29) is 11.1 Å². The number of rotatable bonds is 2. The lowest BCUT2D eigenvalue weighted by molar-refractivity contribution is 0.0352. The highest BCUT2D eigenvalue weighted by atomic mass is 19.1. The van der Waals surface area contributed by atoms with Gasteiger partial charge in [0.1, 0.15) is 5.82 Å². The van der Waals surface area contributed by atoms with Crippen LogP contribution in [0.15, 0.2) is 42.6 Å². The fourth-order valence-corrected chi connectivity index (χ4v) is 2.00. The summed E-state index contributed by atoms with van der Waals surface area (Å²) in [6, 6.07) is 8.06. The number of hydrogen-bond donors (Lipinski definition) is 1. The molecular weight excluding hydrogens is 316 g/mol. The maximum absolute atomic E-state index is 13.8. The molecule has 2 aromatic rings. The average molecular weight is 333 g/mol. The fourth-order valence-electron chi connectivity index (χ4n) is 2.00. The minimum absolute atomic E-state index is 0.216. The second-order valence-electron chi connectivity index (χ2n) is 6.07. The number of nitrogens with zero attached hydrogens (tertiary/aromatic N) is 2. The monoisotopic (exact) mass is 333 g/mol. The normalized spacial score (nSPS) is 11.0. The highest BCUT2D eigenvalue weighted by molar-refractivity contribution is 5.99. The summed E-state index contributed by atoms with van der Waals surface area (Å²) >= 11 is 0. The molecule has 24 heavy (non-hydrogen) atoms. The van der Waals surface area contributed by atoms with Gasteiger partial charge in [-0.15, -0.1) is 0 Å². The van der Waals surface area contributed by atoms with Crippen LogP contribution >= 0.6 is 0 Å². The minimum Gasteiger partial charge on any atom is -0.267 e. The van der Waals surface area contributed by atoms with E-state index in [4.69, 9.17) is 0 Å². The third-order valence-corrected chi connectivity index (χ3v) is 3.20. The van der Waals surface area contributed by atoms with E-state index in [2.05, 4.69) is 10.4 Å². The van der Waals surface area contributed by atoms with Crippen molar-refractivity contribution in [1.29, 1.82) is 0 Å². The number of nitrogens with one attached hydrogen (secondary N) is 1. The first-order valence-corrected chi connectivity index (χ1v) is 7.22. The van der Waals surface area contributed by atoms with Crippen molar-refractivity contribution in [3.63, 3.8) is 0 Å². The fraction of sp³-hybridized carbons (Fsp3) is 0.235. The van der Waals surface area contributed by atoms with Crippen LogP contribution in [0.2, 0.25) is 0 Å². The van der Waals surface area contributed by atoms with Crippen molar-refractivity contribution in [2.75, 3.05) is 0 Å². The Morgan fingerprint density at radius 2 is 1.67 bits per heavy atom. The first-order chi connectivity index (χ1) is 11.2. The molecule has 0 fully saturated rings. The number of halogens is 2. The summed E-state index contributed by atoms with van der Waals surface area (Å²) in [4.78, 5) is 28.3. The molecule has 2 rings (SSSR count). The zero-order chi connectivity index (χ0) is 17.9. The molecule has 1 aromatic heterocycles. The number of pyridine rings is 1. The van der Waals surface area contributed by atoms with Gasteiger partial charge in [-0.25, -0.2) is 14.4 Å². The molecule has 0 saturated carbocycles. The molecule has 0 unspecified atom stereocenters. The molecular formula is C17H17F2N3O2. The van der Waals surface area contributed by atoms with Crippen LogP contribution in [-0.2, 0) is 0 Å². The van der Waals surface area contributed by atoms with Crippen molar-refractivity contribution in [1.82, 2.24) is 15.4 Å². The highest BCUT2D eigenvalue weighted by Gasteiger charge is 2.31. The first-order valence-electron chi connectivity index (χ1n) is 7.22. The molecule has 0 atom stereocenters. The van der Waals surface area contributed by atoms with Gasteiger partial charge in [0.15, 0.2) is 0 Å². The third-order valence-electron chi connectivity index (χ3n) is 3.20. The van der Waals surface area contributed by atoms with E-state index >= 15 is 0 Å². The van der Waals surface area contributed by atoms with Crippen LogP contribution < -0.4 is 5.43 Å². The van der Waals surface area contributed by atoms with Crippen LogP contribution in [0.5, 0.6) is 0 Å². The Bertz CT molecular complexity index is 772. The van der Waals surface area contributed by atoms with Gasteiger partial charge in [-0.1, -0.05) is 12.1 Å². The number of carbonyl (C=O) groups is 2. The maximum Gasteiger partial charge on any atom is 0.277 e. The first kappa shape index (κ1) is 17.5. The summed E-state index contributed by atoms with van der Waals surface area (Å²) in [7, 11) is 0. The molecule has 0 saturated heterocycles. The SMILES string of the molecule is CC(C)(C)N(NC(=O)c1ccccc1F)C(=O)c1cccnc1F. The Balaban J connectivity index is 2.34. The Labute approximate surface area is 138 Å². The van der Waals surface area contributed by atoms with E-state index in [1.165, 1.54) is 36.5 Å². The van der Waals surface area contributed by atoms with Crippen molar-refractivity contribution < 1.29 is 18.4 Å². The summed E-state index contributed by atoms with van der Waals surface area (Å²) in [6.07, 6.45) is 1.21. The summed E-state index contributed by atoms with van der Waals surface area (Å²) < 4.78 is 27.5. The second-order valence-corrected chi connectivity index (χ2v) is 6.07. The molecule has 0 radical (unpaired) electrons. The van der Waals surface area contributed by atoms with Crippen LogP contribution in [0, 0.1) is 11.8 Å². The molecule has 0 bridgehead atoms. The lowest BCUT2D eigenvalue weighted by Crippen LogP contribution is -2.56. The summed E-state index contributed by atoms with van der Waals surface area (Å²) in [5, 5.41) is 0.960. The maximum atomic E-state index is 13.8. The minimum atomic E-state index is -0.947. The van der Waals surface area contributed by atoms with Gasteiger partial charge in [0.2, 0.25) is 5.95 Å². The Kier molecular flexibility index (Phi) is 4.92. The number of benzene rings is 1. The van der Waals surface area contributed by atoms with E-state index in [1.807, 2.05) is 0 Å². The molecule has 126 valence electrons. The van der Waals surface area contributed by atoms with E-state index in [1.54, 1.807) is 20.8 Å². The quantitative estimate of drug-likeness (QED) is 0.679. The second kappa shape index (κ2) is 6.74. The Morgan fingerprint density at radius 1 is 1.04 bits per heavy atom. The summed E-state index contributed by atoms with van der Waals surface area (Å²) in [6.45, 7) is 4.96. The molecule has 0 aliphatic heterocycles. The predicted molar refractivity (Wildman–Crippen MR) is 84.0 cm³/mol. The van der Waals surface area contributed by atoms with Gasteiger partial charge < -0.3 is 0 Å². The molecule has 7 heteroatoms. The molecule has 0 spiro atoms. The van der Waals surface area contributed by atoms with Crippen molar-refractivity contribution in [3.05, 3.63) is 65.5 Å². The van der Waals surface area contributed by atoms with Gasteiger partial charge in [0.05, 0.1) is 16.7 Å². The molecule has 1 heterocycles. The molecule has 2 amide bonds. The molecule has 1 N–H and O–H groups in total. The van der Waals surface area contributed by atoms with Crippen molar-refractivity contribution in [3.8, 4) is 0 Å². The standard InChI is InChI=1S/C17H17F2N3O2/c1-17(2,3)22(16(24)12-8-6-10-20-14(12)19)21-15(23)11-7-4-5-9-13(11)18/h4-10H,1-3H3,(H,21,23). The van der Waals surface area contributed by atoms with Gasteiger partial charge >= 0.3 is 0 Å². The lowest BCUT2D eigenvalue weighted by atomic mass is 10.1. The van der Waals surface area contributed by atoms with Crippen LogP contribution in [0.25, 0.3) is 0 Å². The van der Waals surface area contributed by atoms with E-state index in [0.29, 0.717) is 0 Å². The van der Waals surface area contributed by atoms with Gasteiger partial charge in [0, 0.05) is 6.20 Å². The van der Waals surface area contributed by atoms with Crippen molar-refractivity contribution in [2.24, 2.45) is 0 Å². The number of carbonyl (C=O) groups excluding carboxylic acids is 2. The van der Waals surface area contributed by atoms with E-state index in [9.17, 15) is 18.4 Å². The van der Waals surface area contributed by atoms with E-state index in [0.717, 1.165) is 11.1 Å². The topological polar surface area (TPSA) is 62.3 Å². The number of amides is 2. The van der Waals surface area contributed by atoms with Crippen molar-refractivity contribution >= 4 is 11.8 Å². The zero-order valence-electron chi connectivity index (χ0n) is 13.5. The van der Waals surface area contributed by atoms with Crippen molar-refractivity contribution in [2.45, 2.75) is 26.3 Å². The van der Waals surface area contributed by atoms with Crippen LogP contribution in [0.3, 0.4) is 0 Å². The Morgan fingerprint density at radius 3 is 2.25 bits per heavy atom. The van der Waals surface area contributed by atoms with Gasteiger partial charge in [0.25, 0.3) is 11.8 Å². The zero-order valence-corrected chi connectivity index (χ0v) is 13.5. The van der Waals surface area contributed by atoms with Crippen LogP contribution in [0.1, 0.15) is 41.5 Å². The van der Waals surface area contributed by atoms with Gasteiger partial charge in [-0.05, 0) is 45.0 Å². The van der Waals surface area contributed by atoms with E-state index < -0.39 is 29.1 Å². The number of hydrazine groups is 1. The predicted octanol–water partition coefficient (Wildman–Crippen LogP) is 2.95. The largest absolute Gasteiger partial charge is 0.277 e. The van der Waals surface area contributed by atoms with Gasteiger partial charge in [-0.3, -0.25) is 15.0 Å². The van der Waals surface area contributed by atoms with Crippen LogP contribution in [-0.4, -0.2) is 27.3 Å². The Hall–Kier alpha value is -2.83. The molecule has 5 nitrogen and oxygen atoms in total. The number of hydrogen-bond acceptors (Lipinski definition) is 3. The lowest BCUT2D eigenvalue weighted by Gasteiger charge is -2.35. The highest BCUT2D eigenvalue weighted by Crippen LogP contribution is 2.17. The summed E-state index contributed by atoms with van der Waals surface area (Å²) in [5.74, 6) is -3.25. The van der Waals surface area contributed by atoms with Gasteiger partial charge in [-0.2, -0.15) is 4.39 Å².